The predicted octanol–water partition coefficient (Wildman–Crippen LogP) is 12.2. The average Bonchev–Trinajstić information content (AvgIpc) is 3.64. The van der Waals surface area contributed by atoms with Crippen LogP contribution in [0.1, 0.15) is 0 Å². The number of rotatable bonds is 4. The Morgan fingerprint density at radius 3 is 2.07 bits per heavy atom. The van der Waals surface area contributed by atoms with Gasteiger partial charge in [-0.2, -0.15) is 0 Å². The Bertz CT molecular complexity index is 2480. The lowest BCUT2D eigenvalue weighted by molar-refractivity contribution is 0.669. The summed E-state index contributed by atoms with van der Waals surface area (Å²) in [5.41, 5.74) is 7.54. The van der Waals surface area contributed by atoms with E-state index >= 15 is 0 Å². The van der Waals surface area contributed by atoms with Crippen LogP contribution in [0.3, 0.4) is 0 Å². The molecule has 0 amide bonds. The highest BCUT2D eigenvalue weighted by Crippen LogP contribution is 2.48. The zero-order chi connectivity index (χ0) is 28.3. The van der Waals surface area contributed by atoms with Gasteiger partial charge in [0.2, 0.25) is 0 Å². The average molecular weight is 568 g/mol. The summed E-state index contributed by atoms with van der Waals surface area (Å²) in [5.74, 6) is 0. The molecule has 0 N–H and O–H groups in total. The number of thiophene rings is 1. The van der Waals surface area contributed by atoms with Crippen LogP contribution in [0.15, 0.2) is 156 Å². The van der Waals surface area contributed by atoms with Gasteiger partial charge in [0.1, 0.15) is 11.2 Å². The van der Waals surface area contributed by atoms with Gasteiger partial charge >= 0.3 is 0 Å². The Morgan fingerprint density at radius 2 is 1.12 bits per heavy atom. The van der Waals surface area contributed by atoms with Crippen LogP contribution in [0, 0.1) is 0 Å². The zero-order valence-electron chi connectivity index (χ0n) is 23.2. The fourth-order valence-corrected chi connectivity index (χ4v) is 7.69. The fourth-order valence-electron chi connectivity index (χ4n) is 6.56. The maximum Gasteiger partial charge on any atom is 0.136 e. The van der Waals surface area contributed by atoms with Gasteiger partial charge in [-0.3, -0.25) is 0 Å². The smallest absolute Gasteiger partial charge is 0.136 e. The summed E-state index contributed by atoms with van der Waals surface area (Å²) in [6.45, 7) is 0. The van der Waals surface area contributed by atoms with Crippen molar-refractivity contribution < 1.29 is 4.42 Å². The first kappa shape index (κ1) is 24.2. The van der Waals surface area contributed by atoms with E-state index in [1.165, 1.54) is 36.6 Å². The second-order valence-corrected chi connectivity index (χ2v) is 12.0. The van der Waals surface area contributed by atoms with Gasteiger partial charge in [-0.25, -0.2) is 0 Å². The Kier molecular flexibility index (Phi) is 5.40. The third-order valence-electron chi connectivity index (χ3n) is 8.45. The summed E-state index contributed by atoms with van der Waals surface area (Å²) in [6, 6.07) is 54.3. The summed E-state index contributed by atoms with van der Waals surface area (Å²) in [5, 5.41) is 7.28. The Balaban J connectivity index is 1.38. The van der Waals surface area contributed by atoms with Gasteiger partial charge in [0.05, 0.1) is 11.4 Å². The number of para-hydroxylation sites is 2. The molecule has 0 saturated heterocycles. The molecule has 202 valence electrons. The van der Waals surface area contributed by atoms with E-state index in [0.29, 0.717) is 0 Å². The minimum atomic E-state index is 0.900. The van der Waals surface area contributed by atoms with Crippen molar-refractivity contribution in [2.75, 3.05) is 4.90 Å². The molecule has 0 radical (unpaired) electrons. The minimum absolute atomic E-state index is 0.900. The predicted molar refractivity (Wildman–Crippen MR) is 184 cm³/mol. The zero-order valence-corrected chi connectivity index (χ0v) is 24.0. The largest absolute Gasteiger partial charge is 0.456 e. The van der Waals surface area contributed by atoms with Crippen molar-refractivity contribution in [3.8, 4) is 11.1 Å². The van der Waals surface area contributed by atoms with Crippen LogP contribution in [0.4, 0.5) is 17.1 Å². The van der Waals surface area contributed by atoms with Gasteiger partial charge in [-0.1, -0.05) is 103 Å². The lowest BCUT2D eigenvalue weighted by Crippen LogP contribution is -2.11. The molecule has 0 saturated carbocycles. The molecule has 9 aromatic rings. The lowest BCUT2D eigenvalue weighted by Gasteiger charge is -2.29. The molecule has 3 heteroatoms. The first-order valence-corrected chi connectivity index (χ1v) is 15.3. The van der Waals surface area contributed by atoms with Crippen LogP contribution >= 0.6 is 11.3 Å². The molecular weight excluding hydrogens is 543 g/mol. The highest BCUT2D eigenvalue weighted by Gasteiger charge is 2.23. The van der Waals surface area contributed by atoms with Gasteiger partial charge in [0, 0.05) is 42.2 Å². The van der Waals surface area contributed by atoms with E-state index in [9.17, 15) is 0 Å². The van der Waals surface area contributed by atoms with Crippen molar-refractivity contribution in [3.05, 3.63) is 152 Å². The van der Waals surface area contributed by atoms with Gasteiger partial charge in [0.15, 0.2) is 0 Å². The molecule has 9 rings (SSSR count). The number of fused-ring (bicyclic) bond motifs is 7. The normalized spacial score (nSPS) is 11.7. The molecule has 0 aliphatic heterocycles. The molecule has 0 bridgehead atoms. The van der Waals surface area contributed by atoms with Crippen molar-refractivity contribution in [2.45, 2.75) is 0 Å². The van der Waals surface area contributed by atoms with E-state index in [1.54, 1.807) is 0 Å². The van der Waals surface area contributed by atoms with Crippen LogP contribution < -0.4 is 4.90 Å². The molecule has 0 unspecified atom stereocenters. The van der Waals surface area contributed by atoms with Crippen molar-refractivity contribution in [1.29, 1.82) is 0 Å². The quantitative estimate of drug-likeness (QED) is 0.210. The minimum Gasteiger partial charge on any atom is -0.456 e. The van der Waals surface area contributed by atoms with Crippen molar-refractivity contribution in [3.63, 3.8) is 0 Å². The van der Waals surface area contributed by atoms with Crippen LogP contribution in [0.25, 0.3) is 64.0 Å². The number of nitrogens with zero attached hydrogens (tertiary/aromatic N) is 1. The molecule has 2 heterocycles. The molecule has 7 aromatic carbocycles. The summed E-state index contributed by atoms with van der Waals surface area (Å²) in [7, 11) is 0. The Hall–Kier alpha value is -5.38. The maximum absolute atomic E-state index is 6.32. The fraction of sp³-hybridized carbons (Fsp3) is 0. The van der Waals surface area contributed by atoms with E-state index in [4.69, 9.17) is 4.42 Å². The third kappa shape index (κ3) is 3.79. The first-order chi connectivity index (χ1) is 21.3. The highest BCUT2D eigenvalue weighted by molar-refractivity contribution is 7.26. The van der Waals surface area contributed by atoms with E-state index in [-0.39, 0.29) is 0 Å². The molecule has 0 aliphatic carbocycles. The molecular formula is C40H25NOS. The van der Waals surface area contributed by atoms with Gasteiger partial charge < -0.3 is 9.32 Å². The SMILES string of the molecule is c1ccc(N(c2ccc3ccccc3c2)c2cccc3sc4ccccc4c23)c(-c2cccc3oc4ccccc4c23)c1. The van der Waals surface area contributed by atoms with Gasteiger partial charge in [-0.15, -0.1) is 11.3 Å². The molecule has 0 spiro atoms. The van der Waals surface area contributed by atoms with E-state index in [2.05, 4.69) is 150 Å². The third-order valence-corrected chi connectivity index (χ3v) is 9.59. The van der Waals surface area contributed by atoms with Crippen LogP contribution in [-0.4, -0.2) is 0 Å². The molecule has 2 nitrogen and oxygen atoms in total. The van der Waals surface area contributed by atoms with Crippen LogP contribution in [0.5, 0.6) is 0 Å². The second kappa shape index (κ2) is 9.59. The van der Waals surface area contributed by atoms with Crippen molar-refractivity contribution in [1.82, 2.24) is 0 Å². The summed E-state index contributed by atoms with van der Waals surface area (Å²) >= 11 is 1.85. The topological polar surface area (TPSA) is 16.4 Å². The Labute approximate surface area is 252 Å². The standard InChI is InChI=1S/C40H25NOS/c1-2-12-27-25-28(24-23-26(27)11-1)41(34-18-10-22-38-40(34)32-15-5-8-21-37(32)43-38)33-17-6-3-13-29(33)30-16-9-20-36-39(30)31-14-4-7-19-35(31)42-36/h1-25H. The number of hydrogen-bond donors (Lipinski definition) is 0. The maximum atomic E-state index is 6.32. The molecule has 0 atom stereocenters. The van der Waals surface area contributed by atoms with E-state index < -0.39 is 0 Å². The lowest BCUT2D eigenvalue weighted by atomic mass is 9.96. The molecule has 0 aliphatic rings. The summed E-state index contributed by atoms with van der Waals surface area (Å²) in [4.78, 5) is 2.45. The van der Waals surface area contributed by atoms with Crippen molar-refractivity contribution in [2.24, 2.45) is 0 Å². The van der Waals surface area contributed by atoms with Gasteiger partial charge in [0.25, 0.3) is 0 Å². The van der Waals surface area contributed by atoms with Crippen molar-refractivity contribution >= 4 is 81.3 Å². The van der Waals surface area contributed by atoms with Gasteiger partial charge in [-0.05, 0) is 64.9 Å². The monoisotopic (exact) mass is 567 g/mol. The summed E-state index contributed by atoms with van der Waals surface area (Å²) < 4.78 is 8.90. The molecule has 0 fully saturated rings. The number of furan rings is 1. The number of benzene rings is 7. The molecule has 2 aromatic heterocycles. The molecule has 43 heavy (non-hydrogen) atoms. The number of anilines is 3. The second-order valence-electron chi connectivity index (χ2n) is 10.9. The highest BCUT2D eigenvalue weighted by atomic mass is 32.1. The Morgan fingerprint density at radius 1 is 0.442 bits per heavy atom. The van der Waals surface area contributed by atoms with E-state index in [0.717, 1.165) is 44.4 Å². The van der Waals surface area contributed by atoms with Crippen LogP contribution in [0.2, 0.25) is 0 Å². The number of hydrogen-bond acceptors (Lipinski definition) is 3. The first-order valence-electron chi connectivity index (χ1n) is 14.5. The summed E-state index contributed by atoms with van der Waals surface area (Å²) in [6.07, 6.45) is 0. The van der Waals surface area contributed by atoms with E-state index in [1.807, 2.05) is 17.4 Å². The van der Waals surface area contributed by atoms with Crippen LogP contribution in [-0.2, 0) is 0 Å².